The van der Waals surface area contributed by atoms with Crippen molar-refractivity contribution in [3.05, 3.63) is 22.2 Å². The van der Waals surface area contributed by atoms with Crippen LogP contribution in [-0.4, -0.2) is 19.5 Å². The van der Waals surface area contributed by atoms with Gasteiger partial charge in [-0.05, 0) is 29.5 Å². The first-order valence-corrected chi connectivity index (χ1v) is 7.46. The van der Waals surface area contributed by atoms with E-state index in [0.29, 0.717) is 16.7 Å². The predicted octanol–water partition coefficient (Wildman–Crippen LogP) is 2.69. The van der Waals surface area contributed by atoms with Gasteiger partial charge >= 0.3 is 0 Å². The van der Waals surface area contributed by atoms with E-state index in [1.165, 1.54) is 6.07 Å². The summed E-state index contributed by atoms with van der Waals surface area (Å²) in [5.74, 6) is 0. The van der Waals surface area contributed by atoms with Crippen molar-refractivity contribution in [2.75, 3.05) is 11.9 Å². The second-order valence-corrected chi connectivity index (χ2v) is 7.41. The van der Waals surface area contributed by atoms with Gasteiger partial charge in [0.2, 0.25) is 0 Å². The second-order valence-electron chi connectivity index (χ2n) is 5.11. The third-order valence-corrected chi connectivity index (χ3v) is 4.17. The Bertz CT molecular complexity index is 566. The molecular formula is C11H14BrNO3S. The van der Waals surface area contributed by atoms with Gasteiger partial charge in [-0.15, -0.1) is 0 Å². The Balaban J connectivity index is 2.63. The molecule has 0 bridgehead atoms. The van der Waals surface area contributed by atoms with E-state index >= 15 is 0 Å². The number of anilines is 1. The monoisotopic (exact) mass is 319 g/mol. The first kappa shape index (κ1) is 12.9. The van der Waals surface area contributed by atoms with E-state index in [9.17, 15) is 13.0 Å². The summed E-state index contributed by atoms with van der Waals surface area (Å²) < 4.78 is 32.5. The predicted molar refractivity (Wildman–Crippen MR) is 69.9 cm³/mol. The van der Waals surface area contributed by atoms with Gasteiger partial charge in [0.25, 0.3) is 10.1 Å². The largest absolute Gasteiger partial charge is 0.383 e. The Morgan fingerprint density at radius 2 is 2.06 bits per heavy atom. The average molecular weight is 320 g/mol. The SMILES string of the molecule is CC1(C)CNc2c(cc(Br)cc2S(=O)(=O)O)C1. The van der Waals surface area contributed by atoms with Gasteiger partial charge in [0.1, 0.15) is 4.90 Å². The highest BCUT2D eigenvalue weighted by molar-refractivity contribution is 9.10. The molecule has 2 rings (SSSR count). The number of nitrogens with one attached hydrogen (secondary N) is 1. The lowest BCUT2D eigenvalue weighted by Crippen LogP contribution is -2.31. The van der Waals surface area contributed by atoms with Crippen LogP contribution in [0.5, 0.6) is 0 Å². The lowest BCUT2D eigenvalue weighted by Gasteiger charge is -2.33. The van der Waals surface area contributed by atoms with Crippen molar-refractivity contribution in [2.45, 2.75) is 25.2 Å². The fraction of sp³-hybridized carbons (Fsp3) is 0.455. The molecule has 0 amide bonds. The molecule has 1 aromatic rings. The molecule has 17 heavy (non-hydrogen) atoms. The summed E-state index contributed by atoms with van der Waals surface area (Å²) in [6.45, 7) is 4.90. The smallest absolute Gasteiger partial charge is 0.296 e. The molecule has 1 aliphatic heterocycles. The molecule has 0 atom stereocenters. The lowest BCUT2D eigenvalue weighted by atomic mass is 9.82. The first-order valence-electron chi connectivity index (χ1n) is 5.23. The van der Waals surface area contributed by atoms with E-state index in [4.69, 9.17) is 0 Å². The van der Waals surface area contributed by atoms with E-state index in [2.05, 4.69) is 35.1 Å². The summed E-state index contributed by atoms with van der Waals surface area (Å²) in [4.78, 5) is -0.0580. The molecule has 0 radical (unpaired) electrons. The van der Waals surface area contributed by atoms with Crippen LogP contribution in [0.25, 0.3) is 0 Å². The third kappa shape index (κ3) is 2.64. The number of hydrogen-bond donors (Lipinski definition) is 2. The molecule has 0 fully saturated rings. The highest BCUT2D eigenvalue weighted by Crippen LogP contribution is 2.38. The van der Waals surface area contributed by atoms with Gasteiger partial charge in [-0.3, -0.25) is 4.55 Å². The van der Waals surface area contributed by atoms with Crippen LogP contribution in [0.2, 0.25) is 0 Å². The minimum atomic E-state index is -4.20. The van der Waals surface area contributed by atoms with Crippen molar-refractivity contribution >= 4 is 31.7 Å². The van der Waals surface area contributed by atoms with Crippen LogP contribution < -0.4 is 5.32 Å². The van der Waals surface area contributed by atoms with Crippen molar-refractivity contribution in [3.8, 4) is 0 Å². The quantitative estimate of drug-likeness (QED) is 0.781. The second kappa shape index (κ2) is 3.96. The summed E-state index contributed by atoms with van der Waals surface area (Å²) in [5.41, 5.74) is 1.50. The maximum absolute atomic E-state index is 11.3. The molecule has 6 heteroatoms. The van der Waals surface area contributed by atoms with Crippen LogP contribution in [0.4, 0.5) is 5.69 Å². The van der Waals surface area contributed by atoms with Gasteiger partial charge in [0.05, 0.1) is 5.69 Å². The number of hydrogen-bond acceptors (Lipinski definition) is 3. The van der Waals surface area contributed by atoms with E-state index in [0.717, 1.165) is 12.0 Å². The van der Waals surface area contributed by atoms with E-state index in [-0.39, 0.29) is 10.3 Å². The summed E-state index contributed by atoms with van der Waals surface area (Å²) in [7, 11) is -4.20. The van der Waals surface area contributed by atoms with Crippen LogP contribution in [-0.2, 0) is 16.5 Å². The van der Waals surface area contributed by atoms with E-state index < -0.39 is 10.1 Å². The minimum Gasteiger partial charge on any atom is -0.383 e. The molecule has 1 aromatic carbocycles. The number of rotatable bonds is 1. The van der Waals surface area contributed by atoms with E-state index in [1.54, 1.807) is 0 Å². The van der Waals surface area contributed by atoms with Gasteiger partial charge in [0, 0.05) is 11.0 Å². The Labute approximate surface area is 109 Å². The highest BCUT2D eigenvalue weighted by atomic mass is 79.9. The molecule has 0 saturated heterocycles. The number of benzene rings is 1. The Morgan fingerprint density at radius 1 is 1.41 bits per heavy atom. The molecule has 1 heterocycles. The zero-order valence-corrected chi connectivity index (χ0v) is 12.0. The van der Waals surface area contributed by atoms with Gasteiger partial charge in [-0.2, -0.15) is 8.42 Å². The normalized spacial score (nSPS) is 18.4. The summed E-state index contributed by atoms with van der Waals surface area (Å²) in [6, 6.07) is 3.30. The Morgan fingerprint density at radius 3 is 2.65 bits per heavy atom. The fourth-order valence-corrected chi connectivity index (χ4v) is 3.48. The van der Waals surface area contributed by atoms with Gasteiger partial charge in [-0.25, -0.2) is 0 Å². The van der Waals surface area contributed by atoms with Gasteiger partial charge in [0.15, 0.2) is 0 Å². The summed E-state index contributed by atoms with van der Waals surface area (Å²) in [5, 5.41) is 3.10. The lowest BCUT2D eigenvalue weighted by molar-refractivity contribution is 0.377. The van der Waals surface area contributed by atoms with Crippen LogP contribution in [0, 0.1) is 5.41 Å². The molecule has 0 saturated carbocycles. The van der Waals surface area contributed by atoms with Crippen molar-refractivity contribution < 1.29 is 13.0 Å². The molecule has 94 valence electrons. The standard InChI is InChI=1S/C11H14BrNO3S/c1-11(2)5-7-3-8(12)4-9(17(14,15)16)10(7)13-6-11/h3-4,13H,5-6H2,1-2H3,(H,14,15,16). The van der Waals surface area contributed by atoms with Crippen molar-refractivity contribution in [3.63, 3.8) is 0 Å². The van der Waals surface area contributed by atoms with Gasteiger partial charge in [-0.1, -0.05) is 29.8 Å². The van der Waals surface area contributed by atoms with Crippen LogP contribution >= 0.6 is 15.9 Å². The Hall–Kier alpha value is -0.590. The van der Waals surface area contributed by atoms with Crippen LogP contribution in [0.3, 0.4) is 0 Å². The van der Waals surface area contributed by atoms with Crippen molar-refractivity contribution in [2.24, 2.45) is 5.41 Å². The highest BCUT2D eigenvalue weighted by Gasteiger charge is 2.29. The van der Waals surface area contributed by atoms with Crippen LogP contribution in [0.15, 0.2) is 21.5 Å². The molecule has 0 aromatic heterocycles. The third-order valence-electron chi connectivity index (χ3n) is 2.84. The average Bonchev–Trinajstić information content (AvgIpc) is 2.12. The summed E-state index contributed by atoms with van der Waals surface area (Å²) >= 11 is 3.27. The molecule has 1 aliphatic rings. The zero-order chi connectivity index (χ0) is 12.8. The summed E-state index contributed by atoms with van der Waals surface area (Å²) in [6.07, 6.45) is 0.775. The van der Waals surface area contributed by atoms with Crippen LogP contribution in [0.1, 0.15) is 19.4 Å². The topological polar surface area (TPSA) is 66.4 Å². The Kier molecular flexibility index (Phi) is 3.00. The first-order chi connectivity index (χ1) is 7.69. The molecule has 2 N–H and O–H groups in total. The molecule has 0 aliphatic carbocycles. The molecule has 4 nitrogen and oxygen atoms in total. The van der Waals surface area contributed by atoms with Crippen molar-refractivity contribution in [1.29, 1.82) is 0 Å². The molecule has 0 spiro atoms. The number of fused-ring (bicyclic) bond motifs is 1. The number of halogens is 1. The van der Waals surface area contributed by atoms with E-state index in [1.807, 2.05) is 6.07 Å². The maximum atomic E-state index is 11.3. The zero-order valence-electron chi connectivity index (χ0n) is 9.62. The maximum Gasteiger partial charge on any atom is 0.296 e. The minimum absolute atomic E-state index is 0.0580. The molecule has 0 unspecified atom stereocenters. The fourth-order valence-electron chi connectivity index (χ4n) is 2.09. The molecular weight excluding hydrogens is 306 g/mol. The van der Waals surface area contributed by atoms with Crippen molar-refractivity contribution in [1.82, 2.24) is 0 Å². The van der Waals surface area contributed by atoms with Gasteiger partial charge < -0.3 is 5.32 Å².